The monoisotopic (exact) mass is 140 g/mol. The van der Waals surface area contributed by atoms with Crippen molar-refractivity contribution in [2.75, 3.05) is 0 Å². The lowest BCUT2D eigenvalue weighted by molar-refractivity contribution is 0.404. The van der Waals surface area contributed by atoms with Crippen molar-refractivity contribution in [3.05, 3.63) is 35.8 Å². The largest absolute Gasteiger partial charge is 0.508 e. The second-order valence-corrected chi connectivity index (χ2v) is 1.78. The van der Waals surface area contributed by atoms with Crippen LogP contribution < -0.4 is 0 Å². The molecular formula is C8H12O2. The van der Waals surface area contributed by atoms with E-state index in [2.05, 4.69) is 0 Å². The van der Waals surface area contributed by atoms with Crippen LogP contribution >= 0.6 is 0 Å². The van der Waals surface area contributed by atoms with E-state index in [4.69, 9.17) is 10.2 Å². The number of hydrogen-bond donors (Lipinski definition) is 2. The van der Waals surface area contributed by atoms with Gasteiger partial charge in [-0.3, -0.25) is 0 Å². The molecule has 56 valence electrons. The molecule has 2 nitrogen and oxygen atoms in total. The Morgan fingerprint density at radius 3 is 2.10 bits per heavy atom. The van der Waals surface area contributed by atoms with Crippen molar-refractivity contribution >= 4 is 0 Å². The first-order chi connectivity index (χ1) is 4.70. The lowest BCUT2D eigenvalue weighted by Crippen LogP contribution is -1.77. The molecule has 0 bridgehead atoms. The van der Waals surface area contributed by atoms with Gasteiger partial charge >= 0.3 is 0 Å². The fourth-order valence-electron chi connectivity index (χ4n) is 0.454. The zero-order valence-electron chi connectivity index (χ0n) is 6.20. The first-order valence-electron chi connectivity index (χ1n) is 3.09. The summed E-state index contributed by atoms with van der Waals surface area (Å²) in [5.74, 6) is 0.119. The van der Waals surface area contributed by atoms with Crippen LogP contribution in [0.15, 0.2) is 35.8 Å². The summed E-state index contributed by atoms with van der Waals surface area (Å²) in [6.45, 7) is 3.48. The average molecular weight is 140 g/mol. The maximum atomic E-state index is 8.92. The van der Waals surface area contributed by atoms with Crippen molar-refractivity contribution in [1.29, 1.82) is 0 Å². The number of aliphatic hydroxyl groups is 2. The molecule has 0 aromatic heterocycles. The van der Waals surface area contributed by atoms with Gasteiger partial charge in [-0.1, -0.05) is 6.08 Å². The molecule has 2 N–H and O–H groups in total. The normalized spacial score (nSPS) is 14.6. The quantitative estimate of drug-likeness (QED) is 0.457. The molecule has 0 aromatic carbocycles. The molecule has 0 aliphatic rings. The molecular weight excluding hydrogens is 128 g/mol. The van der Waals surface area contributed by atoms with Crippen molar-refractivity contribution in [3.63, 3.8) is 0 Å². The minimum atomic E-state index is 0.0538. The van der Waals surface area contributed by atoms with Gasteiger partial charge in [0.1, 0.15) is 11.5 Å². The van der Waals surface area contributed by atoms with Crippen LogP contribution in [0.2, 0.25) is 0 Å². The molecule has 0 radical (unpaired) electrons. The minimum Gasteiger partial charge on any atom is -0.508 e. The van der Waals surface area contributed by atoms with Crippen LogP contribution in [0.25, 0.3) is 0 Å². The standard InChI is InChI=1S/C8H12O2/c1-3-5-8(10)6-7(9)4-2/h3-6,9-10H,1-2H3/b5-3-,7-4+,8-6+. The number of aliphatic hydroxyl groups excluding tert-OH is 2. The Hall–Kier alpha value is -1.18. The average Bonchev–Trinajstić information content (AvgIpc) is 1.88. The second kappa shape index (κ2) is 4.68. The Bertz CT molecular complexity index is 176. The summed E-state index contributed by atoms with van der Waals surface area (Å²) in [7, 11) is 0. The highest BCUT2D eigenvalue weighted by atomic mass is 16.3. The Balaban J connectivity index is 4.16. The highest BCUT2D eigenvalue weighted by Crippen LogP contribution is 1.97. The van der Waals surface area contributed by atoms with Crippen molar-refractivity contribution in [2.24, 2.45) is 0 Å². The third kappa shape index (κ3) is 3.78. The van der Waals surface area contributed by atoms with Gasteiger partial charge in [0.25, 0.3) is 0 Å². The smallest absolute Gasteiger partial charge is 0.118 e. The third-order valence-electron chi connectivity index (χ3n) is 0.929. The van der Waals surface area contributed by atoms with E-state index in [-0.39, 0.29) is 11.5 Å². The maximum absolute atomic E-state index is 8.92. The van der Waals surface area contributed by atoms with Gasteiger partial charge in [-0.2, -0.15) is 0 Å². The molecule has 0 spiro atoms. The number of hydrogen-bond acceptors (Lipinski definition) is 2. The van der Waals surface area contributed by atoms with Crippen LogP contribution in [-0.4, -0.2) is 10.2 Å². The summed E-state index contributed by atoms with van der Waals surface area (Å²) >= 11 is 0. The number of allylic oxidation sites excluding steroid dienone is 4. The van der Waals surface area contributed by atoms with E-state index in [0.29, 0.717) is 0 Å². The maximum Gasteiger partial charge on any atom is 0.118 e. The molecule has 0 saturated carbocycles. The summed E-state index contributed by atoms with van der Waals surface area (Å²) in [4.78, 5) is 0. The van der Waals surface area contributed by atoms with Crippen molar-refractivity contribution in [1.82, 2.24) is 0 Å². The fraction of sp³-hybridized carbons (Fsp3) is 0.250. The van der Waals surface area contributed by atoms with Crippen LogP contribution in [-0.2, 0) is 0 Å². The van der Waals surface area contributed by atoms with Crippen molar-refractivity contribution < 1.29 is 10.2 Å². The Labute approximate surface area is 60.8 Å². The molecule has 0 atom stereocenters. The van der Waals surface area contributed by atoms with E-state index in [1.54, 1.807) is 19.9 Å². The van der Waals surface area contributed by atoms with Gasteiger partial charge in [0.2, 0.25) is 0 Å². The van der Waals surface area contributed by atoms with Crippen LogP contribution in [0.5, 0.6) is 0 Å². The summed E-state index contributed by atoms with van der Waals surface area (Å²) in [6.07, 6.45) is 5.97. The molecule has 0 aliphatic carbocycles. The van der Waals surface area contributed by atoms with Crippen LogP contribution in [0.4, 0.5) is 0 Å². The predicted molar refractivity (Wildman–Crippen MR) is 41.9 cm³/mol. The van der Waals surface area contributed by atoms with Gasteiger partial charge in [0.05, 0.1) is 0 Å². The van der Waals surface area contributed by atoms with Crippen LogP contribution in [0, 0.1) is 0 Å². The molecule has 0 saturated heterocycles. The zero-order chi connectivity index (χ0) is 7.98. The lowest BCUT2D eigenvalue weighted by Gasteiger charge is -1.89. The Morgan fingerprint density at radius 1 is 1.10 bits per heavy atom. The molecule has 0 aliphatic heterocycles. The third-order valence-corrected chi connectivity index (χ3v) is 0.929. The molecule has 0 fully saturated rings. The summed E-state index contributed by atoms with van der Waals surface area (Å²) in [5, 5.41) is 17.8. The fourth-order valence-corrected chi connectivity index (χ4v) is 0.454. The summed E-state index contributed by atoms with van der Waals surface area (Å²) in [6, 6.07) is 0. The van der Waals surface area contributed by atoms with Gasteiger partial charge in [-0.25, -0.2) is 0 Å². The van der Waals surface area contributed by atoms with Gasteiger partial charge in [0, 0.05) is 6.08 Å². The summed E-state index contributed by atoms with van der Waals surface area (Å²) in [5.41, 5.74) is 0. The van der Waals surface area contributed by atoms with Crippen LogP contribution in [0.3, 0.4) is 0 Å². The minimum absolute atomic E-state index is 0.0538. The first kappa shape index (κ1) is 8.82. The SMILES string of the molecule is C\C=C/C(O)=C\C(O)=C/C. The van der Waals surface area contributed by atoms with Gasteiger partial charge < -0.3 is 10.2 Å². The van der Waals surface area contributed by atoms with E-state index >= 15 is 0 Å². The zero-order valence-corrected chi connectivity index (χ0v) is 6.20. The van der Waals surface area contributed by atoms with Crippen molar-refractivity contribution in [3.8, 4) is 0 Å². The van der Waals surface area contributed by atoms with E-state index in [1.165, 1.54) is 18.2 Å². The Kier molecular flexibility index (Phi) is 4.12. The molecule has 0 heterocycles. The molecule has 2 heteroatoms. The van der Waals surface area contributed by atoms with E-state index < -0.39 is 0 Å². The first-order valence-corrected chi connectivity index (χ1v) is 3.09. The number of rotatable bonds is 2. The molecule has 0 rings (SSSR count). The van der Waals surface area contributed by atoms with E-state index in [0.717, 1.165) is 0 Å². The highest BCUT2D eigenvalue weighted by molar-refractivity contribution is 5.19. The second-order valence-electron chi connectivity index (χ2n) is 1.78. The lowest BCUT2D eigenvalue weighted by atomic mass is 10.3. The van der Waals surface area contributed by atoms with E-state index in [9.17, 15) is 0 Å². The molecule has 0 unspecified atom stereocenters. The molecule has 10 heavy (non-hydrogen) atoms. The van der Waals surface area contributed by atoms with E-state index in [1.807, 2.05) is 0 Å². The highest BCUT2D eigenvalue weighted by Gasteiger charge is 1.85. The molecule has 0 aromatic rings. The van der Waals surface area contributed by atoms with Crippen molar-refractivity contribution in [2.45, 2.75) is 13.8 Å². The summed E-state index contributed by atoms with van der Waals surface area (Å²) < 4.78 is 0. The van der Waals surface area contributed by atoms with Gasteiger partial charge in [0.15, 0.2) is 0 Å². The van der Waals surface area contributed by atoms with Crippen LogP contribution in [0.1, 0.15) is 13.8 Å². The Morgan fingerprint density at radius 2 is 1.70 bits per heavy atom. The predicted octanol–water partition coefficient (Wildman–Crippen LogP) is 2.47. The topological polar surface area (TPSA) is 40.5 Å². The molecule has 0 amide bonds. The van der Waals surface area contributed by atoms with Gasteiger partial charge in [-0.05, 0) is 26.0 Å². The van der Waals surface area contributed by atoms with Gasteiger partial charge in [-0.15, -0.1) is 0 Å².